The zero-order valence-electron chi connectivity index (χ0n) is 9.68. The fourth-order valence-corrected chi connectivity index (χ4v) is 2.93. The van der Waals surface area contributed by atoms with Crippen LogP contribution in [0.3, 0.4) is 0 Å². The van der Waals surface area contributed by atoms with Crippen molar-refractivity contribution in [2.45, 2.75) is 64.2 Å². The van der Waals surface area contributed by atoms with E-state index in [9.17, 15) is 0 Å². The lowest BCUT2D eigenvalue weighted by atomic mass is 9.77. The van der Waals surface area contributed by atoms with Gasteiger partial charge in [0, 0.05) is 12.6 Å². The van der Waals surface area contributed by atoms with Crippen molar-refractivity contribution in [3.05, 3.63) is 0 Å². The van der Waals surface area contributed by atoms with Crippen molar-refractivity contribution in [3.63, 3.8) is 0 Å². The minimum Gasteiger partial charge on any atom is -0.369 e. The summed E-state index contributed by atoms with van der Waals surface area (Å²) in [6.45, 7) is 7.82. The minimum absolute atomic E-state index is 0.170. The highest BCUT2D eigenvalue weighted by atomic mass is 16.5. The van der Waals surface area contributed by atoms with Gasteiger partial charge >= 0.3 is 0 Å². The lowest BCUT2D eigenvalue weighted by molar-refractivity contribution is -0.148. The van der Waals surface area contributed by atoms with Crippen LogP contribution in [0.25, 0.3) is 0 Å². The Morgan fingerprint density at radius 2 is 2.07 bits per heavy atom. The molecule has 2 fully saturated rings. The van der Waals surface area contributed by atoms with Crippen LogP contribution in [0, 0.1) is 5.92 Å². The quantitative estimate of drug-likeness (QED) is 0.643. The second-order valence-electron chi connectivity index (χ2n) is 5.38. The first-order chi connectivity index (χ1) is 6.61. The molecule has 2 aliphatic rings. The fourth-order valence-electron chi connectivity index (χ4n) is 2.93. The molecule has 14 heavy (non-hydrogen) atoms. The summed E-state index contributed by atoms with van der Waals surface area (Å²) in [7, 11) is 0. The highest BCUT2D eigenvalue weighted by molar-refractivity contribution is 4.94. The van der Waals surface area contributed by atoms with Crippen molar-refractivity contribution in [2.24, 2.45) is 5.92 Å². The monoisotopic (exact) mass is 197 g/mol. The average molecular weight is 197 g/mol. The van der Waals surface area contributed by atoms with E-state index in [1.54, 1.807) is 0 Å². The predicted molar refractivity (Wildman–Crippen MR) is 58.4 cm³/mol. The summed E-state index contributed by atoms with van der Waals surface area (Å²) < 4.78 is 6.23. The van der Waals surface area contributed by atoms with Crippen LogP contribution in [0.15, 0.2) is 0 Å². The number of morpholine rings is 1. The van der Waals surface area contributed by atoms with E-state index in [4.69, 9.17) is 4.74 Å². The molecule has 1 aliphatic carbocycles. The van der Waals surface area contributed by atoms with Crippen LogP contribution in [0.4, 0.5) is 0 Å². The number of nitrogens with one attached hydrogen (secondary N) is 1. The Kier molecular flexibility index (Phi) is 2.85. The van der Waals surface area contributed by atoms with Crippen molar-refractivity contribution >= 4 is 0 Å². The highest BCUT2D eigenvalue weighted by Gasteiger charge is 2.41. The van der Waals surface area contributed by atoms with Crippen LogP contribution in [0.1, 0.15) is 46.5 Å². The van der Waals surface area contributed by atoms with E-state index in [2.05, 4.69) is 26.1 Å². The normalized spacial score (nSPS) is 49.5. The van der Waals surface area contributed by atoms with E-state index in [0.29, 0.717) is 12.1 Å². The van der Waals surface area contributed by atoms with Gasteiger partial charge in [-0.1, -0.05) is 19.8 Å². The fraction of sp³-hybridized carbons (Fsp3) is 1.00. The molecule has 0 aromatic carbocycles. The van der Waals surface area contributed by atoms with Crippen LogP contribution < -0.4 is 5.32 Å². The summed E-state index contributed by atoms with van der Waals surface area (Å²) in [5.41, 5.74) is 0.170. The molecule has 0 radical (unpaired) electrons. The molecule has 0 aromatic heterocycles. The van der Waals surface area contributed by atoms with Crippen LogP contribution in [0.2, 0.25) is 0 Å². The third-order valence-corrected chi connectivity index (χ3v) is 3.94. The lowest BCUT2D eigenvalue weighted by Gasteiger charge is -2.47. The first kappa shape index (κ1) is 10.4. The Labute approximate surface area is 87.4 Å². The van der Waals surface area contributed by atoms with E-state index < -0.39 is 0 Å². The molecule has 4 atom stereocenters. The summed E-state index contributed by atoms with van der Waals surface area (Å²) in [5, 5.41) is 3.59. The number of ether oxygens (including phenoxy) is 1. The zero-order chi connectivity index (χ0) is 10.2. The third kappa shape index (κ3) is 1.96. The first-order valence-corrected chi connectivity index (χ1v) is 6.02. The molecule has 0 bridgehead atoms. The highest BCUT2D eigenvalue weighted by Crippen LogP contribution is 2.37. The van der Waals surface area contributed by atoms with Crippen molar-refractivity contribution in [3.8, 4) is 0 Å². The van der Waals surface area contributed by atoms with Gasteiger partial charge in [0.25, 0.3) is 0 Å². The van der Waals surface area contributed by atoms with Crippen molar-refractivity contribution in [1.29, 1.82) is 0 Å². The Hall–Kier alpha value is -0.0800. The zero-order valence-corrected chi connectivity index (χ0v) is 9.68. The molecule has 1 saturated heterocycles. The molecule has 1 aliphatic heterocycles. The molecule has 2 nitrogen and oxygen atoms in total. The molecule has 2 rings (SSSR count). The maximum absolute atomic E-state index is 6.23. The number of rotatable bonds is 0. The van der Waals surface area contributed by atoms with Crippen LogP contribution in [0.5, 0.6) is 0 Å². The molecule has 1 saturated carbocycles. The maximum atomic E-state index is 6.23. The molecule has 82 valence electrons. The van der Waals surface area contributed by atoms with Gasteiger partial charge in [0.1, 0.15) is 0 Å². The second kappa shape index (κ2) is 3.82. The third-order valence-electron chi connectivity index (χ3n) is 3.94. The summed E-state index contributed by atoms with van der Waals surface area (Å²) in [4.78, 5) is 0. The first-order valence-electron chi connectivity index (χ1n) is 6.02. The predicted octanol–water partition coefficient (Wildman–Crippen LogP) is 2.33. The van der Waals surface area contributed by atoms with E-state index in [1.165, 1.54) is 25.7 Å². The van der Waals surface area contributed by atoms with Crippen LogP contribution >= 0.6 is 0 Å². The number of hydrogen-bond acceptors (Lipinski definition) is 2. The second-order valence-corrected chi connectivity index (χ2v) is 5.38. The molecular formula is C12H23NO. The van der Waals surface area contributed by atoms with E-state index in [0.717, 1.165) is 12.5 Å². The van der Waals surface area contributed by atoms with Gasteiger partial charge in [-0.2, -0.15) is 0 Å². The maximum Gasteiger partial charge on any atom is 0.0813 e. The van der Waals surface area contributed by atoms with Gasteiger partial charge in [-0.15, -0.1) is 0 Å². The van der Waals surface area contributed by atoms with Crippen molar-refractivity contribution < 1.29 is 4.74 Å². The average Bonchev–Trinajstić information content (AvgIpc) is 2.12. The molecule has 0 amide bonds. The lowest BCUT2D eigenvalue weighted by Crippen LogP contribution is -2.58. The summed E-state index contributed by atoms with van der Waals surface area (Å²) >= 11 is 0. The Morgan fingerprint density at radius 1 is 1.29 bits per heavy atom. The molecule has 4 unspecified atom stereocenters. The molecule has 0 aromatic rings. The van der Waals surface area contributed by atoms with Gasteiger partial charge in [0.05, 0.1) is 11.7 Å². The summed E-state index contributed by atoms with van der Waals surface area (Å²) in [5.74, 6) is 0.839. The van der Waals surface area contributed by atoms with Gasteiger partial charge in [-0.25, -0.2) is 0 Å². The van der Waals surface area contributed by atoms with Gasteiger partial charge < -0.3 is 10.1 Å². The molecule has 1 heterocycles. The van der Waals surface area contributed by atoms with Gasteiger partial charge in [0.2, 0.25) is 0 Å². The van der Waals surface area contributed by atoms with E-state index in [-0.39, 0.29) is 5.60 Å². The molecule has 1 spiro atoms. The van der Waals surface area contributed by atoms with E-state index in [1.807, 2.05) is 0 Å². The van der Waals surface area contributed by atoms with Gasteiger partial charge in [-0.3, -0.25) is 0 Å². The SMILES string of the molecule is CC1CCCC2(CNC(C)C(C)O2)C1. The molecule has 1 N–H and O–H groups in total. The van der Waals surface area contributed by atoms with Crippen LogP contribution in [-0.2, 0) is 4.74 Å². The van der Waals surface area contributed by atoms with Crippen molar-refractivity contribution in [1.82, 2.24) is 5.32 Å². The summed E-state index contributed by atoms with van der Waals surface area (Å²) in [6.07, 6.45) is 5.59. The number of hydrogen-bond donors (Lipinski definition) is 1. The van der Waals surface area contributed by atoms with Crippen LogP contribution in [-0.4, -0.2) is 24.3 Å². The largest absolute Gasteiger partial charge is 0.369 e. The van der Waals surface area contributed by atoms with Crippen molar-refractivity contribution in [2.75, 3.05) is 6.54 Å². The summed E-state index contributed by atoms with van der Waals surface area (Å²) in [6, 6.07) is 0.512. The Bertz CT molecular complexity index is 206. The topological polar surface area (TPSA) is 21.3 Å². The molecule has 2 heteroatoms. The van der Waals surface area contributed by atoms with Gasteiger partial charge in [-0.05, 0) is 32.6 Å². The minimum atomic E-state index is 0.170. The van der Waals surface area contributed by atoms with E-state index >= 15 is 0 Å². The Morgan fingerprint density at radius 3 is 2.71 bits per heavy atom. The standard InChI is InChI=1S/C12H23NO/c1-9-5-4-6-12(7-9)8-13-10(2)11(3)14-12/h9-11,13H,4-8H2,1-3H3. The van der Waals surface area contributed by atoms with Gasteiger partial charge in [0.15, 0.2) is 0 Å². The molecular weight excluding hydrogens is 174 g/mol. The Balaban J connectivity index is 2.01. The smallest absolute Gasteiger partial charge is 0.0813 e.